The molecule has 17 heavy (non-hydrogen) atoms. The third-order valence-electron chi connectivity index (χ3n) is 3.30. The third-order valence-corrected chi connectivity index (χ3v) is 3.30. The molecule has 2 aliphatic heterocycles. The Bertz CT molecular complexity index is 528. The van der Waals surface area contributed by atoms with E-state index >= 15 is 0 Å². The average molecular weight is 226 g/mol. The van der Waals surface area contributed by atoms with Gasteiger partial charge in [-0.25, -0.2) is 0 Å². The van der Waals surface area contributed by atoms with Crippen LogP contribution in [0.25, 0.3) is 0 Å². The molecule has 0 fully saturated rings. The Kier molecular flexibility index (Phi) is 2.32. The first kappa shape index (κ1) is 10.3. The fraction of sp³-hybridized carbons (Fsp3) is 0.286. The lowest BCUT2D eigenvalue weighted by molar-refractivity contribution is -0.114. The highest BCUT2D eigenvalue weighted by molar-refractivity contribution is 6.35. The Morgan fingerprint density at radius 3 is 2.76 bits per heavy atom. The van der Waals surface area contributed by atoms with Gasteiger partial charge in [-0.2, -0.15) is 0 Å². The van der Waals surface area contributed by atoms with Gasteiger partial charge in [-0.3, -0.25) is 14.7 Å². The summed E-state index contributed by atoms with van der Waals surface area (Å²) in [6, 6.07) is 9.75. The van der Waals surface area contributed by atoms with Crippen LogP contribution < -0.4 is 4.90 Å². The fourth-order valence-electron chi connectivity index (χ4n) is 2.51. The van der Waals surface area contributed by atoms with Crippen molar-refractivity contribution in [2.24, 2.45) is 4.99 Å². The average Bonchev–Trinajstić information content (AvgIpc) is 2.89. The molecule has 1 amide bonds. The van der Waals surface area contributed by atoms with Crippen molar-refractivity contribution in [3.8, 4) is 0 Å². The number of para-hydroxylation sites is 1. The van der Waals surface area contributed by atoms with Crippen molar-refractivity contribution in [3.63, 3.8) is 0 Å². The van der Waals surface area contributed by atoms with Crippen molar-refractivity contribution >= 4 is 17.4 Å². The normalized spacial score (nSPS) is 18.8. The Hall–Kier alpha value is -1.90. The lowest BCUT2D eigenvalue weighted by Crippen LogP contribution is -2.31. The highest BCUT2D eigenvalue weighted by Crippen LogP contribution is 2.33. The van der Waals surface area contributed by atoms with E-state index in [4.69, 9.17) is 0 Å². The minimum atomic E-state index is 0.104. The van der Waals surface area contributed by atoms with Crippen LogP contribution in [0, 0.1) is 0 Å². The van der Waals surface area contributed by atoms with Crippen LogP contribution in [0.1, 0.15) is 19.8 Å². The second kappa shape index (κ2) is 3.84. The Morgan fingerprint density at radius 2 is 2.06 bits per heavy atom. The molecule has 86 valence electrons. The molecular formula is C14H14N2O. The van der Waals surface area contributed by atoms with Gasteiger partial charge in [0.1, 0.15) is 5.84 Å². The Balaban J connectivity index is 2.08. The van der Waals surface area contributed by atoms with Crippen molar-refractivity contribution in [3.05, 3.63) is 41.5 Å². The van der Waals surface area contributed by atoms with Crippen LogP contribution in [-0.2, 0) is 4.79 Å². The maximum atomic E-state index is 12.3. The summed E-state index contributed by atoms with van der Waals surface area (Å²) < 4.78 is 0. The number of benzene rings is 1. The number of rotatable bonds is 2. The Morgan fingerprint density at radius 1 is 1.29 bits per heavy atom. The smallest absolute Gasteiger partial charge is 0.260 e. The summed E-state index contributed by atoms with van der Waals surface area (Å²) in [5.41, 5.74) is 3.01. The maximum absolute atomic E-state index is 12.3. The molecule has 1 aromatic rings. The van der Waals surface area contributed by atoms with E-state index in [0.29, 0.717) is 0 Å². The standard InChI is InChI=1S/C14H14N2O/c1-2-11-12-8-9-15-13(12)16(14(11)17)10-6-4-3-5-7-10/h3-7H,2,8-9H2,1H3. The number of amidine groups is 1. The van der Waals surface area contributed by atoms with Crippen LogP contribution in [0.15, 0.2) is 46.5 Å². The number of aliphatic imine (C=N–C) groups is 1. The zero-order chi connectivity index (χ0) is 11.8. The number of amides is 1. The fourth-order valence-corrected chi connectivity index (χ4v) is 2.51. The summed E-state index contributed by atoms with van der Waals surface area (Å²) in [6.45, 7) is 2.84. The van der Waals surface area contributed by atoms with Crippen LogP contribution in [0.2, 0.25) is 0 Å². The van der Waals surface area contributed by atoms with Gasteiger partial charge in [-0.05, 0) is 25.0 Å². The number of hydrogen-bond acceptors (Lipinski definition) is 2. The number of hydrogen-bond donors (Lipinski definition) is 0. The van der Waals surface area contributed by atoms with Gasteiger partial charge in [0.15, 0.2) is 0 Å². The van der Waals surface area contributed by atoms with Crippen molar-refractivity contribution in [2.45, 2.75) is 19.8 Å². The van der Waals surface area contributed by atoms with Crippen LogP contribution in [0.4, 0.5) is 5.69 Å². The summed E-state index contributed by atoms with van der Waals surface area (Å²) in [6.07, 6.45) is 1.70. The predicted molar refractivity (Wildman–Crippen MR) is 68.2 cm³/mol. The SMILES string of the molecule is CCC1=C2CCN=C2N(c2ccccc2)C1=O. The highest BCUT2D eigenvalue weighted by atomic mass is 16.2. The van der Waals surface area contributed by atoms with E-state index in [0.717, 1.165) is 42.1 Å². The lowest BCUT2D eigenvalue weighted by atomic mass is 10.1. The molecule has 0 radical (unpaired) electrons. The van der Waals surface area contributed by atoms with Gasteiger partial charge < -0.3 is 0 Å². The second-order valence-electron chi connectivity index (χ2n) is 4.24. The second-order valence-corrected chi connectivity index (χ2v) is 4.24. The van der Waals surface area contributed by atoms with E-state index in [1.54, 1.807) is 4.90 Å². The molecule has 0 saturated heterocycles. The quantitative estimate of drug-likeness (QED) is 0.762. The van der Waals surface area contributed by atoms with E-state index in [1.807, 2.05) is 37.3 Å². The van der Waals surface area contributed by atoms with Gasteiger partial charge in [0.05, 0.1) is 5.69 Å². The van der Waals surface area contributed by atoms with Crippen molar-refractivity contribution < 1.29 is 4.79 Å². The molecule has 2 aliphatic rings. The minimum Gasteiger partial charge on any atom is -0.269 e. The molecule has 1 aromatic carbocycles. The summed E-state index contributed by atoms with van der Waals surface area (Å²) in [5, 5.41) is 0. The number of anilines is 1. The number of carbonyl (C=O) groups is 1. The predicted octanol–water partition coefficient (Wildman–Crippen LogP) is 2.54. The van der Waals surface area contributed by atoms with Gasteiger partial charge in [0.25, 0.3) is 5.91 Å². The molecule has 3 nitrogen and oxygen atoms in total. The zero-order valence-electron chi connectivity index (χ0n) is 9.81. The minimum absolute atomic E-state index is 0.104. The molecule has 2 heterocycles. The number of carbonyl (C=O) groups excluding carboxylic acids is 1. The first-order chi connectivity index (χ1) is 8.33. The van der Waals surface area contributed by atoms with E-state index in [9.17, 15) is 4.79 Å². The molecule has 0 N–H and O–H groups in total. The van der Waals surface area contributed by atoms with E-state index in [1.165, 1.54) is 0 Å². The van der Waals surface area contributed by atoms with Crippen molar-refractivity contribution in [2.75, 3.05) is 11.4 Å². The summed E-state index contributed by atoms with van der Waals surface area (Å²) in [5.74, 6) is 0.977. The van der Waals surface area contributed by atoms with Gasteiger partial charge in [-0.1, -0.05) is 25.1 Å². The van der Waals surface area contributed by atoms with Crippen molar-refractivity contribution in [1.82, 2.24) is 0 Å². The lowest BCUT2D eigenvalue weighted by Gasteiger charge is -2.17. The first-order valence-electron chi connectivity index (χ1n) is 5.99. The third kappa shape index (κ3) is 1.42. The number of nitrogens with zero attached hydrogens (tertiary/aromatic N) is 2. The molecule has 3 heteroatoms. The monoisotopic (exact) mass is 226 g/mol. The van der Waals surface area contributed by atoms with Crippen LogP contribution in [0.3, 0.4) is 0 Å². The summed E-state index contributed by atoms with van der Waals surface area (Å²) in [7, 11) is 0. The molecule has 0 atom stereocenters. The molecule has 0 saturated carbocycles. The van der Waals surface area contributed by atoms with Gasteiger partial charge in [0, 0.05) is 17.7 Å². The molecule has 0 aromatic heterocycles. The van der Waals surface area contributed by atoms with E-state index in [-0.39, 0.29) is 5.91 Å². The summed E-state index contributed by atoms with van der Waals surface area (Å²) in [4.78, 5) is 18.6. The van der Waals surface area contributed by atoms with Gasteiger partial charge in [0.2, 0.25) is 0 Å². The van der Waals surface area contributed by atoms with E-state index in [2.05, 4.69) is 4.99 Å². The van der Waals surface area contributed by atoms with Crippen LogP contribution in [-0.4, -0.2) is 18.3 Å². The largest absolute Gasteiger partial charge is 0.269 e. The molecule has 0 unspecified atom stereocenters. The number of fused-ring (bicyclic) bond motifs is 1. The highest BCUT2D eigenvalue weighted by Gasteiger charge is 2.37. The molecule has 0 aliphatic carbocycles. The topological polar surface area (TPSA) is 32.7 Å². The molecule has 0 spiro atoms. The van der Waals surface area contributed by atoms with Gasteiger partial charge >= 0.3 is 0 Å². The van der Waals surface area contributed by atoms with Gasteiger partial charge in [-0.15, -0.1) is 0 Å². The van der Waals surface area contributed by atoms with E-state index < -0.39 is 0 Å². The zero-order valence-corrected chi connectivity index (χ0v) is 9.81. The van der Waals surface area contributed by atoms with Crippen molar-refractivity contribution in [1.29, 1.82) is 0 Å². The molecule has 3 rings (SSSR count). The van der Waals surface area contributed by atoms with Crippen LogP contribution in [0.5, 0.6) is 0 Å². The summed E-state index contributed by atoms with van der Waals surface area (Å²) >= 11 is 0. The molecular weight excluding hydrogens is 212 g/mol. The first-order valence-corrected chi connectivity index (χ1v) is 5.99. The Labute approximate surface area is 100 Å². The molecule has 0 bridgehead atoms. The maximum Gasteiger partial charge on any atom is 0.260 e. The van der Waals surface area contributed by atoms with Crippen LogP contribution >= 0.6 is 0 Å².